The Bertz CT molecular complexity index is 1030. The van der Waals surface area contributed by atoms with Crippen LogP contribution in [-0.2, 0) is 19.2 Å². The van der Waals surface area contributed by atoms with Gasteiger partial charge in [0, 0.05) is 24.0 Å². The fourth-order valence-electron chi connectivity index (χ4n) is 5.75. The molecule has 0 aromatic heterocycles. The number of carbonyl (C=O) groups is 4. The predicted molar refractivity (Wildman–Crippen MR) is 147 cm³/mol. The van der Waals surface area contributed by atoms with Gasteiger partial charge in [-0.05, 0) is 57.0 Å². The summed E-state index contributed by atoms with van der Waals surface area (Å²) in [5.41, 5.74) is 0.269. The van der Waals surface area contributed by atoms with Crippen LogP contribution in [0, 0.1) is 5.41 Å². The summed E-state index contributed by atoms with van der Waals surface area (Å²) in [6.45, 7) is 0.998. The van der Waals surface area contributed by atoms with Crippen molar-refractivity contribution in [1.29, 1.82) is 0 Å². The maximum Gasteiger partial charge on any atom is 0.327 e. The van der Waals surface area contributed by atoms with Crippen LogP contribution >= 0.6 is 21.6 Å². The van der Waals surface area contributed by atoms with Crippen molar-refractivity contribution in [2.45, 2.75) is 62.6 Å². The van der Waals surface area contributed by atoms with Gasteiger partial charge in [-0.2, -0.15) is 0 Å². The molecule has 4 atom stereocenters. The van der Waals surface area contributed by atoms with Crippen molar-refractivity contribution >= 4 is 45.3 Å². The number of benzene rings is 1. The summed E-state index contributed by atoms with van der Waals surface area (Å²) in [6, 6.07) is 4.58. The van der Waals surface area contributed by atoms with Gasteiger partial charge in [0.05, 0.1) is 11.5 Å². The minimum Gasteiger partial charge on any atom is -0.508 e. The van der Waals surface area contributed by atoms with Gasteiger partial charge in [0.2, 0.25) is 17.7 Å². The molecule has 3 fully saturated rings. The van der Waals surface area contributed by atoms with Crippen LogP contribution in [0.5, 0.6) is 5.75 Å². The van der Waals surface area contributed by atoms with Crippen molar-refractivity contribution in [3.8, 4) is 5.75 Å². The summed E-state index contributed by atoms with van der Waals surface area (Å²) in [7, 11) is 4.45. The number of nitrogens with zero attached hydrogens (tertiary/aromatic N) is 1. The lowest BCUT2D eigenvalue weighted by molar-refractivity contribution is -0.143. The largest absolute Gasteiger partial charge is 0.508 e. The second kappa shape index (κ2) is 12.6. The van der Waals surface area contributed by atoms with Gasteiger partial charge < -0.3 is 26.2 Å². The minimum absolute atomic E-state index is 0.0731. The number of phenolic OH excluding ortho intramolecular Hbond substituents is 1. The van der Waals surface area contributed by atoms with Crippen LogP contribution in [0.1, 0.15) is 50.0 Å². The number of phenols is 1. The molecule has 10 nitrogen and oxygen atoms in total. The van der Waals surface area contributed by atoms with Crippen LogP contribution in [0.25, 0.3) is 0 Å². The van der Waals surface area contributed by atoms with Crippen LogP contribution in [0.2, 0.25) is 0 Å². The van der Waals surface area contributed by atoms with E-state index in [4.69, 9.17) is 0 Å². The molecule has 4 rings (SSSR count). The number of likely N-dealkylation sites (N-methyl/N-ethyl adjacent to an activating group) is 1. The maximum absolute atomic E-state index is 13.5. The predicted octanol–water partition coefficient (Wildman–Crippen LogP) is 1.70. The number of carbonyl (C=O) groups excluding carboxylic acids is 3. The van der Waals surface area contributed by atoms with Crippen molar-refractivity contribution < 1.29 is 29.4 Å². The molecule has 2 saturated heterocycles. The van der Waals surface area contributed by atoms with E-state index in [2.05, 4.69) is 16.0 Å². The number of rotatable bonds is 4. The number of nitrogens with one attached hydrogen (secondary N) is 3. The summed E-state index contributed by atoms with van der Waals surface area (Å²) < 4.78 is 0. The molecule has 2 heterocycles. The first-order valence-electron chi connectivity index (χ1n) is 13.1. The Morgan fingerprint density at radius 3 is 2.45 bits per heavy atom. The highest BCUT2D eigenvalue weighted by Gasteiger charge is 2.43. The summed E-state index contributed by atoms with van der Waals surface area (Å²) in [6.07, 6.45) is 4.30. The summed E-state index contributed by atoms with van der Waals surface area (Å²) >= 11 is 0. The third-order valence-corrected chi connectivity index (χ3v) is 10.4. The van der Waals surface area contributed by atoms with Crippen molar-refractivity contribution in [2.75, 3.05) is 31.6 Å². The lowest BCUT2D eigenvalue weighted by Gasteiger charge is -2.29. The number of aromatic hydroxyl groups is 1. The Morgan fingerprint density at radius 1 is 1.08 bits per heavy atom. The minimum atomic E-state index is -1.09. The van der Waals surface area contributed by atoms with Gasteiger partial charge in [0.25, 0.3) is 0 Å². The van der Waals surface area contributed by atoms with Crippen LogP contribution in [0.4, 0.5) is 0 Å². The lowest BCUT2D eigenvalue weighted by atomic mass is 9.81. The highest BCUT2D eigenvalue weighted by atomic mass is 33.1. The van der Waals surface area contributed by atoms with E-state index >= 15 is 0 Å². The molecule has 12 heteroatoms. The third-order valence-electron chi connectivity index (χ3n) is 7.97. The van der Waals surface area contributed by atoms with E-state index in [9.17, 15) is 29.4 Å². The Balaban J connectivity index is 1.48. The van der Waals surface area contributed by atoms with Gasteiger partial charge in [0.15, 0.2) is 0 Å². The standard InChI is InChI=1S/C26H36N4O6S2/c1-30-13-8-18(16-4-6-17(31)7-5-16)21(30)23(33)28-19-14-37-38-15-20(24(34)35)29-25(36)26(9-2-3-10-26)11-12-27-22(19)32/h4-7,18-21,31H,2-3,8-15H2,1H3,(H,27,32)(H,28,33)(H,29,36)(H,34,35). The van der Waals surface area contributed by atoms with Crippen molar-refractivity contribution in [1.82, 2.24) is 20.9 Å². The number of carboxylic acid groups (broad SMARTS) is 1. The molecule has 5 N–H and O–H groups in total. The van der Waals surface area contributed by atoms with Crippen LogP contribution in [0.3, 0.4) is 0 Å². The van der Waals surface area contributed by atoms with Crippen molar-refractivity contribution in [2.24, 2.45) is 5.41 Å². The van der Waals surface area contributed by atoms with E-state index < -0.39 is 29.5 Å². The second-order valence-electron chi connectivity index (χ2n) is 10.4. The summed E-state index contributed by atoms with van der Waals surface area (Å²) in [5, 5.41) is 27.9. The molecule has 0 radical (unpaired) electrons. The first-order valence-corrected chi connectivity index (χ1v) is 15.5. The van der Waals surface area contributed by atoms with E-state index in [-0.39, 0.29) is 47.4 Å². The first kappa shape index (κ1) is 28.6. The van der Waals surface area contributed by atoms with Crippen LogP contribution < -0.4 is 16.0 Å². The zero-order valence-electron chi connectivity index (χ0n) is 21.5. The van der Waals surface area contributed by atoms with Gasteiger partial charge in [0.1, 0.15) is 17.8 Å². The number of aliphatic carboxylic acids is 1. The molecular formula is C26H36N4O6S2. The molecular weight excluding hydrogens is 528 g/mol. The molecule has 208 valence electrons. The average molecular weight is 565 g/mol. The van der Waals surface area contributed by atoms with Crippen molar-refractivity contribution in [3.05, 3.63) is 29.8 Å². The molecule has 2 aliphatic heterocycles. The molecule has 1 aromatic rings. The maximum atomic E-state index is 13.5. The lowest BCUT2D eigenvalue weighted by Crippen LogP contribution is -2.54. The van der Waals surface area contributed by atoms with Gasteiger partial charge >= 0.3 is 5.97 Å². The Kier molecular flexibility index (Phi) is 9.48. The summed E-state index contributed by atoms with van der Waals surface area (Å²) in [5.74, 6) is -1.39. The molecule has 1 aromatic carbocycles. The van der Waals surface area contributed by atoms with Gasteiger partial charge in [-0.1, -0.05) is 46.6 Å². The quantitative estimate of drug-likeness (QED) is 0.345. The fraction of sp³-hybridized carbons (Fsp3) is 0.615. The highest BCUT2D eigenvalue weighted by molar-refractivity contribution is 8.76. The highest BCUT2D eigenvalue weighted by Crippen LogP contribution is 2.41. The zero-order chi connectivity index (χ0) is 27.3. The average Bonchev–Trinajstić information content (AvgIpc) is 3.52. The fourth-order valence-corrected chi connectivity index (χ4v) is 8.07. The van der Waals surface area contributed by atoms with Gasteiger partial charge in [-0.15, -0.1) is 0 Å². The number of hydrogen-bond donors (Lipinski definition) is 5. The molecule has 1 saturated carbocycles. The van der Waals surface area contributed by atoms with E-state index in [1.807, 2.05) is 24.1 Å². The summed E-state index contributed by atoms with van der Waals surface area (Å²) in [4.78, 5) is 53.6. The van der Waals surface area contributed by atoms with Gasteiger partial charge in [-0.25, -0.2) is 4.79 Å². The number of amides is 3. The molecule has 0 bridgehead atoms. The monoisotopic (exact) mass is 564 g/mol. The smallest absolute Gasteiger partial charge is 0.327 e. The SMILES string of the molecule is CN1CCC(c2ccc(O)cc2)C1C(=O)NC1CSSCC(C(=O)O)NC(=O)C2(CCCC2)CCNC1=O. The van der Waals surface area contributed by atoms with Gasteiger partial charge in [-0.3, -0.25) is 19.3 Å². The van der Waals surface area contributed by atoms with E-state index in [1.54, 1.807) is 12.1 Å². The third kappa shape index (κ3) is 6.58. The zero-order valence-corrected chi connectivity index (χ0v) is 23.1. The first-order chi connectivity index (χ1) is 18.2. The molecule has 1 spiro atoms. The van der Waals surface area contributed by atoms with E-state index in [0.717, 1.165) is 31.4 Å². The van der Waals surface area contributed by atoms with Crippen LogP contribution in [0.15, 0.2) is 24.3 Å². The number of carboxylic acids is 1. The Hall–Kier alpha value is -2.44. The van der Waals surface area contributed by atoms with E-state index in [1.165, 1.54) is 21.6 Å². The van der Waals surface area contributed by atoms with Crippen molar-refractivity contribution in [3.63, 3.8) is 0 Å². The normalized spacial score (nSPS) is 29.0. The Morgan fingerprint density at radius 2 is 1.76 bits per heavy atom. The Labute approximate surface area is 230 Å². The molecule has 3 aliphatic rings. The molecule has 38 heavy (non-hydrogen) atoms. The molecule has 1 aliphatic carbocycles. The second-order valence-corrected chi connectivity index (χ2v) is 13.0. The molecule has 4 unspecified atom stereocenters. The number of likely N-dealkylation sites (tertiary alicyclic amines) is 1. The van der Waals surface area contributed by atoms with Crippen LogP contribution in [-0.4, -0.2) is 88.6 Å². The molecule has 3 amide bonds. The van der Waals surface area contributed by atoms with E-state index in [0.29, 0.717) is 19.3 Å². The topological polar surface area (TPSA) is 148 Å². The number of hydrogen-bond acceptors (Lipinski definition) is 8.